The SMILES string of the molecule is Cc1ccc(-c2ccc(-c3cc[c-]c(-c4ccccn4)c3-c3ccccc3)c3ccncc23)cc1.Cc1ccnc(-c2[c-]cccc2)c1.[Ir]. The Morgan fingerprint density at radius 1 is 0.490 bits per heavy atom. The molecule has 0 aliphatic carbocycles. The van der Waals surface area contributed by atoms with Crippen molar-refractivity contribution in [3.8, 4) is 55.9 Å². The number of fused-ring (bicyclic) bond motifs is 1. The molecule has 3 nitrogen and oxygen atoms in total. The minimum Gasteiger partial charge on any atom is -0.305 e. The van der Waals surface area contributed by atoms with E-state index in [1.54, 1.807) is 0 Å². The first-order valence-corrected chi connectivity index (χ1v) is 16.0. The van der Waals surface area contributed by atoms with E-state index in [0.717, 1.165) is 44.6 Å². The molecule has 0 spiro atoms. The van der Waals surface area contributed by atoms with Crippen LogP contribution in [-0.4, -0.2) is 15.0 Å². The summed E-state index contributed by atoms with van der Waals surface area (Å²) < 4.78 is 0. The predicted molar refractivity (Wildman–Crippen MR) is 198 cm³/mol. The molecule has 0 bridgehead atoms. The van der Waals surface area contributed by atoms with Crippen molar-refractivity contribution in [2.75, 3.05) is 0 Å². The van der Waals surface area contributed by atoms with Crippen molar-refractivity contribution in [3.05, 3.63) is 188 Å². The van der Waals surface area contributed by atoms with E-state index < -0.39 is 0 Å². The van der Waals surface area contributed by atoms with Gasteiger partial charge < -0.3 is 9.97 Å². The van der Waals surface area contributed by atoms with Crippen molar-refractivity contribution in [2.24, 2.45) is 0 Å². The van der Waals surface area contributed by atoms with Crippen LogP contribution in [0.15, 0.2) is 164 Å². The number of aryl methyl sites for hydroxylation is 2. The van der Waals surface area contributed by atoms with Gasteiger partial charge in [0, 0.05) is 50.3 Å². The molecule has 239 valence electrons. The zero-order valence-electron chi connectivity index (χ0n) is 27.3. The Kier molecular flexibility index (Phi) is 10.6. The van der Waals surface area contributed by atoms with Crippen LogP contribution in [0.4, 0.5) is 0 Å². The molecule has 8 rings (SSSR count). The molecule has 0 amide bonds. The Labute approximate surface area is 301 Å². The minimum absolute atomic E-state index is 0. The summed E-state index contributed by atoms with van der Waals surface area (Å²) in [5, 5.41) is 2.31. The molecule has 0 fully saturated rings. The average Bonchev–Trinajstić information content (AvgIpc) is 3.16. The summed E-state index contributed by atoms with van der Waals surface area (Å²) in [6, 6.07) is 54.5. The molecule has 0 atom stereocenters. The van der Waals surface area contributed by atoms with Crippen LogP contribution in [0.25, 0.3) is 66.7 Å². The largest absolute Gasteiger partial charge is 0.305 e. The Bertz CT molecular complexity index is 2290. The van der Waals surface area contributed by atoms with Crippen LogP contribution in [0.1, 0.15) is 11.1 Å². The van der Waals surface area contributed by atoms with Gasteiger partial charge in [0.2, 0.25) is 0 Å². The quantitative estimate of drug-likeness (QED) is 0.163. The van der Waals surface area contributed by atoms with Gasteiger partial charge in [0.25, 0.3) is 0 Å². The molecule has 0 unspecified atom stereocenters. The summed E-state index contributed by atoms with van der Waals surface area (Å²) >= 11 is 0. The predicted octanol–water partition coefficient (Wildman–Crippen LogP) is 11.3. The number of rotatable bonds is 5. The maximum absolute atomic E-state index is 4.65. The number of hydrogen-bond donors (Lipinski definition) is 0. The normalized spacial score (nSPS) is 10.5. The molecule has 4 heteroatoms. The van der Waals surface area contributed by atoms with E-state index >= 15 is 0 Å². The fourth-order valence-electron chi connectivity index (χ4n) is 5.99. The summed E-state index contributed by atoms with van der Waals surface area (Å²) in [4.78, 5) is 13.4. The van der Waals surface area contributed by atoms with Gasteiger partial charge in [-0.2, -0.15) is 0 Å². The van der Waals surface area contributed by atoms with Crippen molar-refractivity contribution >= 4 is 10.8 Å². The average molecular weight is 808 g/mol. The van der Waals surface area contributed by atoms with Crippen LogP contribution in [0.3, 0.4) is 0 Å². The monoisotopic (exact) mass is 808 g/mol. The van der Waals surface area contributed by atoms with Crippen molar-refractivity contribution in [2.45, 2.75) is 13.8 Å². The topological polar surface area (TPSA) is 38.7 Å². The molecule has 0 aliphatic rings. The zero-order chi connectivity index (χ0) is 32.7. The fraction of sp³-hybridized carbons (Fsp3) is 0.0444. The van der Waals surface area contributed by atoms with Crippen LogP contribution in [0, 0.1) is 26.0 Å². The van der Waals surface area contributed by atoms with Gasteiger partial charge in [0.1, 0.15) is 0 Å². The third kappa shape index (κ3) is 7.47. The molecular weight excluding hydrogens is 775 g/mol. The Morgan fingerprint density at radius 2 is 1.27 bits per heavy atom. The first-order chi connectivity index (χ1) is 23.7. The summed E-state index contributed by atoms with van der Waals surface area (Å²) in [7, 11) is 0. The van der Waals surface area contributed by atoms with E-state index in [1.807, 2.05) is 85.5 Å². The van der Waals surface area contributed by atoms with Gasteiger partial charge in [-0.15, -0.1) is 59.7 Å². The van der Waals surface area contributed by atoms with Gasteiger partial charge in [-0.1, -0.05) is 113 Å². The molecule has 0 saturated heterocycles. The molecule has 3 heterocycles. The van der Waals surface area contributed by atoms with E-state index in [0.29, 0.717) is 0 Å². The minimum atomic E-state index is 0. The van der Waals surface area contributed by atoms with Gasteiger partial charge in [-0.05, 0) is 65.5 Å². The summed E-state index contributed by atoms with van der Waals surface area (Å²) in [5.41, 5.74) is 13.4. The molecule has 5 aromatic carbocycles. The number of nitrogens with zero attached hydrogens (tertiary/aromatic N) is 3. The van der Waals surface area contributed by atoms with Gasteiger partial charge >= 0.3 is 0 Å². The zero-order valence-corrected chi connectivity index (χ0v) is 29.7. The third-order valence-electron chi connectivity index (χ3n) is 8.35. The number of pyridine rings is 3. The summed E-state index contributed by atoms with van der Waals surface area (Å²) in [5.74, 6) is 0. The molecule has 0 N–H and O–H groups in total. The maximum Gasteiger partial charge on any atom is 0.0352 e. The Hall–Kier alpha value is -5.54. The number of hydrogen-bond acceptors (Lipinski definition) is 3. The standard InChI is InChI=1S/C33H23N2.C12H10N.Ir/c1-23-13-15-24(16-14-23)26-17-18-27(28-19-21-34-22-31(26)28)29-10-7-11-30(32-12-5-6-20-35-32)33(29)25-8-3-2-4-9-25;1-10-7-8-13-12(9-10)11-5-3-2-4-6-11;/h2-10,12-22H,1H3;2-5,7-9H,1H3;/q2*-1;. The van der Waals surface area contributed by atoms with E-state index in [2.05, 4.69) is 120 Å². The second-order valence-electron chi connectivity index (χ2n) is 11.7. The molecule has 49 heavy (non-hydrogen) atoms. The van der Waals surface area contributed by atoms with E-state index in [9.17, 15) is 0 Å². The van der Waals surface area contributed by atoms with Crippen molar-refractivity contribution in [3.63, 3.8) is 0 Å². The Morgan fingerprint density at radius 3 is 2.02 bits per heavy atom. The van der Waals surface area contributed by atoms with Crippen molar-refractivity contribution in [1.29, 1.82) is 0 Å². The first kappa shape index (κ1) is 33.4. The second kappa shape index (κ2) is 15.6. The van der Waals surface area contributed by atoms with Crippen LogP contribution in [-0.2, 0) is 20.1 Å². The number of benzene rings is 5. The van der Waals surface area contributed by atoms with Gasteiger partial charge in [0.15, 0.2) is 0 Å². The van der Waals surface area contributed by atoms with Gasteiger partial charge in [0.05, 0.1) is 0 Å². The maximum atomic E-state index is 4.65. The third-order valence-corrected chi connectivity index (χ3v) is 8.35. The molecule has 8 aromatic rings. The van der Waals surface area contributed by atoms with Gasteiger partial charge in [-0.25, -0.2) is 0 Å². The molecule has 0 saturated carbocycles. The number of aromatic nitrogens is 3. The fourth-order valence-corrected chi connectivity index (χ4v) is 5.99. The molecular formula is C45H33IrN3-2. The van der Waals surface area contributed by atoms with Crippen molar-refractivity contribution < 1.29 is 20.1 Å². The first-order valence-electron chi connectivity index (χ1n) is 16.0. The van der Waals surface area contributed by atoms with E-state index in [4.69, 9.17) is 0 Å². The van der Waals surface area contributed by atoms with E-state index in [1.165, 1.54) is 33.2 Å². The summed E-state index contributed by atoms with van der Waals surface area (Å²) in [6.45, 7) is 4.18. The second-order valence-corrected chi connectivity index (χ2v) is 11.7. The van der Waals surface area contributed by atoms with Gasteiger partial charge in [-0.3, -0.25) is 4.98 Å². The molecule has 0 aliphatic heterocycles. The van der Waals surface area contributed by atoms with Crippen LogP contribution < -0.4 is 0 Å². The molecule has 1 radical (unpaired) electrons. The Balaban J connectivity index is 0.000000250. The molecule has 3 aromatic heterocycles. The van der Waals surface area contributed by atoms with Crippen molar-refractivity contribution in [1.82, 2.24) is 15.0 Å². The smallest absolute Gasteiger partial charge is 0.0352 e. The van der Waals surface area contributed by atoms with E-state index in [-0.39, 0.29) is 20.1 Å². The summed E-state index contributed by atoms with van der Waals surface area (Å²) in [6.07, 6.45) is 7.51. The van der Waals surface area contributed by atoms with Crippen LogP contribution in [0.2, 0.25) is 0 Å². The van der Waals surface area contributed by atoms with Crippen LogP contribution in [0.5, 0.6) is 0 Å². The van der Waals surface area contributed by atoms with Crippen LogP contribution >= 0.6 is 0 Å².